The molecule has 4 heteroatoms. The summed E-state index contributed by atoms with van der Waals surface area (Å²) in [4.78, 5) is 15.7. The second-order valence-electron chi connectivity index (χ2n) is 13.6. The summed E-state index contributed by atoms with van der Waals surface area (Å²) in [7, 11) is 0. The Labute approximate surface area is 310 Å². The summed E-state index contributed by atoms with van der Waals surface area (Å²) in [5, 5.41) is 5.03. The smallest absolute Gasteiger partial charge is 0.164 e. The lowest BCUT2D eigenvalue weighted by Crippen LogP contribution is -2.00. The van der Waals surface area contributed by atoms with E-state index in [2.05, 4.69) is 164 Å². The van der Waals surface area contributed by atoms with Crippen LogP contribution < -0.4 is 0 Å². The molecule has 246 valence electrons. The van der Waals surface area contributed by atoms with Crippen LogP contribution in [0.15, 0.2) is 176 Å². The average molecular weight is 692 g/mol. The van der Waals surface area contributed by atoms with Crippen molar-refractivity contribution in [3.05, 3.63) is 176 Å². The summed E-state index contributed by atoms with van der Waals surface area (Å²) in [6, 6.07) is 62.5. The van der Waals surface area contributed by atoms with Gasteiger partial charge in [-0.15, -0.1) is 11.3 Å². The molecule has 0 saturated heterocycles. The molecule has 0 unspecified atom stereocenters. The third-order valence-corrected chi connectivity index (χ3v) is 11.6. The van der Waals surface area contributed by atoms with Gasteiger partial charge < -0.3 is 0 Å². The van der Waals surface area contributed by atoms with Gasteiger partial charge in [-0.3, -0.25) is 0 Å². The van der Waals surface area contributed by atoms with Crippen LogP contribution in [0.5, 0.6) is 0 Å². The van der Waals surface area contributed by atoms with Gasteiger partial charge in [0.25, 0.3) is 0 Å². The van der Waals surface area contributed by atoms with Crippen molar-refractivity contribution < 1.29 is 0 Å². The Hall–Kier alpha value is -6.75. The van der Waals surface area contributed by atoms with E-state index in [0.29, 0.717) is 17.5 Å². The standard InChI is InChI=1S/C49H29N3S/c1-3-12-30(13-4-1)33-18-7-20-35(26-33)47-50-48(36-21-8-19-34(27-36)31-14-5-2-6-15-31)52-49(51-47)39-24-11-25-43-46(39)42-28-40-37-22-9-16-32-17-10-23-38(45(32)37)41(40)29-44(42)53-43/h1-29H. The Bertz CT molecular complexity index is 2950. The first-order chi connectivity index (χ1) is 26.2. The zero-order valence-electron chi connectivity index (χ0n) is 28.5. The SMILES string of the molecule is c1ccc(-c2cccc(-c3nc(-c4cccc(-c5ccccc5)c4)nc(-c4cccc5sc6cc7c(cc6c45)-c4cccc5cccc-7c45)n3)c2)cc1. The van der Waals surface area contributed by atoms with Crippen LogP contribution in [0.25, 0.3) is 110 Å². The second-order valence-corrected chi connectivity index (χ2v) is 14.7. The van der Waals surface area contributed by atoms with Crippen molar-refractivity contribution in [3.63, 3.8) is 0 Å². The fourth-order valence-corrected chi connectivity index (χ4v) is 9.14. The highest BCUT2D eigenvalue weighted by Gasteiger charge is 2.24. The molecule has 0 saturated carbocycles. The number of benzene rings is 8. The summed E-state index contributed by atoms with van der Waals surface area (Å²) in [5.74, 6) is 1.95. The van der Waals surface area contributed by atoms with Crippen molar-refractivity contribution in [1.29, 1.82) is 0 Å². The van der Waals surface area contributed by atoms with E-state index < -0.39 is 0 Å². The molecular weight excluding hydrogens is 663 g/mol. The van der Waals surface area contributed by atoms with Crippen molar-refractivity contribution in [2.24, 2.45) is 0 Å². The molecule has 2 aromatic heterocycles. The predicted molar refractivity (Wildman–Crippen MR) is 222 cm³/mol. The largest absolute Gasteiger partial charge is 0.208 e. The van der Waals surface area contributed by atoms with Crippen molar-refractivity contribution in [2.75, 3.05) is 0 Å². The molecule has 0 spiro atoms. The highest BCUT2D eigenvalue weighted by Crippen LogP contribution is 2.51. The van der Waals surface area contributed by atoms with Gasteiger partial charge in [-0.2, -0.15) is 0 Å². The quantitative estimate of drug-likeness (QED) is 0.180. The molecule has 53 heavy (non-hydrogen) atoms. The summed E-state index contributed by atoms with van der Waals surface area (Å²) in [5.41, 5.74) is 12.6. The van der Waals surface area contributed by atoms with Crippen LogP contribution in [0.2, 0.25) is 0 Å². The molecule has 10 aromatic rings. The second kappa shape index (κ2) is 11.9. The molecule has 0 fully saturated rings. The van der Waals surface area contributed by atoms with Crippen molar-refractivity contribution >= 4 is 42.3 Å². The molecule has 0 aliphatic heterocycles. The van der Waals surface area contributed by atoms with Crippen LogP contribution in [-0.2, 0) is 0 Å². The number of fused-ring (bicyclic) bond motifs is 6. The summed E-state index contributed by atoms with van der Waals surface area (Å²) in [6.45, 7) is 0. The number of thiophene rings is 1. The molecule has 11 rings (SSSR count). The first kappa shape index (κ1) is 29.9. The number of aromatic nitrogens is 3. The number of nitrogens with zero attached hydrogens (tertiary/aromatic N) is 3. The zero-order chi connectivity index (χ0) is 34.9. The highest BCUT2D eigenvalue weighted by atomic mass is 32.1. The third-order valence-electron chi connectivity index (χ3n) is 10.5. The first-order valence-corrected chi connectivity index (χ1v) is 18.7. The maximum absolute atomic E-state index is 5.27. The van der Waals surface area contributed by atoms with E-state index in [0.717, 1.165) is 38.9 Å². The lowest BCUT2D eigenvalue weighted by Gasteiger charge is -2.11. The molecule has 8 aromatic carbocycles. The normalized spacial score (nSPS) is 11.8. The molecule has 0 atom stereocenters. The Morgan fingerprint density at radius 1 is 0.302 bits per heavy atom. The van der Waals surface area contributed by atoms with Crippen LogP contribution in [0.4, 0.5) is 0 Å². The van der Waals surface area contributed by atoms with E-state index in [1.807, 2.05) is 23.5 Å². The lowest BCUT2D eigenvalue weighted by atomic mass is 9.99. The summed E-state index contributed by atoms with van der Waals surface area (Å²) < 4.78 is 2.48. The van der Waals surface area contributed by atoms with E-state index in [1.165, 1.54) is 53.2 Å². The molecular formula is C49H29N3S. The molecule has 2 heterocycles. The number of hydrogen-bond donors (Lipinski definition) is 0. The Kier molecular flexibility index (Phi) is 6.73. The maximum atomic E-state index is 5.27. The summed E-state index contributed by atoms with van der Waals surface area (Å²) in [6.07, 6.45) is 0. The number of rotatable bonds is 5. The van der Waals surface area contributed by atoms with Crippen molar-refractivity contribution in [1.82, 2.24) is 15.0 Å². The molecule has 0 amide bonds. The van der Waals surface area contributed by atoms with Gasteiger partial charge in [-0.1, -0.05) is 146 Å². The van der Waals surface area contributed by atoms with Crippen LogP contribution in [0, 0.1) is 0 Å². The molecule has 0 N–H and O–H groups in total. The Morgan fingerprint density at radius 3 is 1.42 bits per heavy atom. The van der Waals surface area contributed by atoms with E-state index in [1.54, 1.807) is 0 Å². The van der Waals surface area contributed by atoms with Gasteiger partial charge in [0, 0.05) is 36.9 Å². The van der Waals surface area contributed by atoms with Gasteiger partial charge in [-0.25, -0.2) is 15.0 Å². The van der Waals surface area contributed by atoms with Gasteiger partial charge >= 0.3 is 0 Å². The lowest BCUT2D eigenvalue weighted by molar-refractivity contribution is 1.08. The van der Waals surface area contributed by atoms with Gasteiger partial charge in [0.05, 0.1) is 0 Å². The average Bonchev–Trinajstić information content (AvgIpc) is 3.76. The van der Waals surface area contributed by atoms with Gasteiger partial charge in [-0.05, 0) is 85.6 Å². The monoisotopic (exact) mass is 691 g/mol. The van der Waals surface area contributed by atoms with E-state index in [-0.39, 0.29) is 0 Å². The van der Waals surface area contributed by atoms with E-state index in [9.17, 15) is 0 Å². The van der Waals surface area contributed by atoms with Gasteiger partial charge in [0.15, 0.2) is 17.5 Å². The van der Waals surface area contributed by atoms with Crippen LogP contribution in [0.3, 0.4) is 0 Å². The first-order valence-electron chi connectivity index (χ1n) is 17.9. The zero-order valence-corrected chi connectivity index (χ0v) is 29.3. The van der Waals surface area contributed by atoms with E-state index >= 15 is 0 Å². The molecule has 0 radical (unpaired) electrons. The maximum Gasteiger partial charge on any atom is 0.164 e. The van der Waals surface area contributed by atoms with Crippen LogP contribution >= 0.6 is 11.3 Å². The summed E-state index contributed by atoms with van der Waals surface area (Å²) >= 11 is 1.83. The van der Waals surface area contributed by atoms with Gasteiger partial charge in [0.2, 0.25) is 0 Å². The Morgan fingerprint density at radius 2 is 0.792 bits per heavy atom. The fourth-order valence-electron chi connectivity index (χ4n) is 7.99. The minimum absolute atomic E-state index is 0.646. The molecule has 1 aliphatic rings. The highest BCUT2D eigenvalue weighted by molar-refractivity contribution is 7.26. The molecule has 1 aliphatic carbocycles. The molecule has 0 bridgehead atoms. The minimum atomic E-state index is 0.646. The molecule has 3 nitrogen and oxygen atoms in total. The van der Waals surface area contributed by atoms with Crippen LogP contribution in [0.1, 0.15) is 0 Å². The topological polar surface area (TPSA) is 38.7 Å². The number of hydrogen-bond acceptors (Lipinski definition) is 4. The van der Waals surface area contributed by atoms with Crippen molar-refractivity contribution in [2.45, 2.75) is 0 Å². The Balaban J connectivity index is 1.14. The van der Waals surface area contributed by atoms with Gasteiger partial charge in [0.1, 0.15) is 0 Å². The van der Waals surface area contributed by atoms with Crippen molar-refractivity contribution in [3.8, 4) is 78.7 Å². The third kappa shape index (κ3) is 4.91. The predicted octanol–water partition coefficient (Wildman–Crippen LogP) is 13.4. The minimum Gasteiger partial charge on any atom is -0.208 e. The van der Waals surface area contributed by atoms with Crippen LogP contribution in [-0.4, -0.2) is 15.0 Å². The van der Waals surface area contributed by atoms with E-state index in [4.69, 9.17) is 15.0 Å². The fraction of sp³-hybridized carbons (Fsp3) is 0.